The SMILES string of the molecule is COC(=O)[C@H](C)[C@H](O)C(C)C. The molecule has 0 aromatic heterocycles. The van der Waals surface area contributed by atoms with E-state index in [-0.39, 0.29) is 11.9 Å². The monoisotopic (exact) mass is 160 g/mol. The number of aliphatic hydroxyl groups excluding tert-OH is 1. The van der Waals surface area contributed by atoms with Gasteiger partial charge in [-0.2, -0.15) is 0 Å². The highest BCUT2D eigenvalue weighted by molar-refractivity contribution is 5.72. The van der Waals surface area contributed by atoms with Crippen molar-refractivity contribution in [3.05, 3.63) is 0 Å². The minimum Gasteiger partial charge on any atom is -0.469 e. The van der Waals surface area contributed by atoms with Gasteiger partial charge in [-0.15, -0.1) is 0 Å². The van der Waals surface area contributed by atoms with E-state index in [1.807, 2.05) is 13.8 Å². The number of carbonyl (C=O) groups excluding carboxylic acids is 1. The lowest BCUT2D eigenvalue weighted by atomic mass is 9.95. The van der Waals surface area contributed by atoms with Crippen molar-refractivity contribution in [1.29, 1.82) is 0 Å². The first-order valence-electron chi connectivity index (χ1n) is 3.76. The van der Waals surface area contributed by atoms with Gasteiger partial charge in [0.15, 0.2) is 0 Å². The van der Waals surface area contributed by atoms with Crippen LogP contribution in [0.2, 0.25) is 0 Å². The van der Waals surface area contributed by atoms with Crippen LogP contribution in [0.15, 0.2) is 0 Å². The first-order valence-corrected chi connectivity index (χ1v) is 3.76. The van der Waals surface area contributed by atoms with Crippen LogP contribution in [0.25, 0.3) is 0 Å². The highest BCUT2D eigenvalue weighted by atomic mass is 16.5. The molecule has 0 spiro atoms. The molecule has 0 heterocycles. The van der Waals surface area contributed by atoms with Crippen LogP contribution in [0.5, 0.6) is 0 Å². The average Bonchev–Trinajstić information content (AvgIpc) is 2.00. The third-order valence-electron chi connectivity index (χ3n) is 1.77. The molecule has 0 rings (SSSR count). The van der Waals surface area contributed by atoms with Crippen molar-refractivity contribution >= 4 is 5.97 Å². The predicted octanol–water partition coefficient (Wildman–Crippen LogP) is 0.812. The van der Waals surface area contributed by atoms with Crippen molar-refractivity contribution in [2.24, 2.45) is 11.8 Å². The molecule has 0 aromatic carbocycles. The Morgan fingerprint density at radius 2 is 1.82 bits per heavy atom. The fourth-order valence-corrected chi connectivity index (χ4v) is 0.903. The summed E-state index contributed by atoms with van der Waals surface area (Å²) in [5.74, 6) is -0.699. The van der Waals surface area contributed by atoms with E-state index >= 15 is 0 Å². The maximum absolute atomic E-state index is 10.9. The Morgan fingerprint density at radius 3 is 2.09 bits per heavy atom. The third-order valence-corrected chi connectivity index (χ3v) is 1.77. The Morgan fingerprint density at radius 1 is 1.36 bits per heavy atom. The number of methoxy groups -OCH3 is 1. The lowest BCUT2D eigenvalue weighted by molar-refractivity contribution is -0.149. The standard InChI is InChI=1S/C8H16O3/c1-5(2)7(9)6(3)8(10)11-4/h5-7,9H,1-4H3/t6-,7-/m1/s1. The summed E-state index contributed by atoms with van der Waals surface area (Å²) in [6.07, 6.45) is -0.609. The summed E-state index contributed by atoms with van der Waals surface area (Å²) in [5.41, 5.74) is 0. The number of esters is 1. The molecule has 0 bridgehead atoms. The van der Waals surface area contributed by atoms with E-state index < -0.39 is 12.0 Å². The molecule has 2 atom stereocenters. The minimum atomic E-state index is -0.609. The zero-order valence-electron chi connectivity index (χ0n) is 7.50. The highest BCUT2D eigenvalue weighted by Crippen LogP contribution is 2.13. The van der Waals surface area contributed by atoms with Gasteiger partial charge in [-0.25, -0.2) is 0 Å². The van der Waals surface area contributed by atoms with Crippen LogP contribution in [0.4, 0.5) is 0 Å². The molecule has 0 saturated carbocycles. The normalized spacial score (nSPS) is 16.2. The molecule has 0 saturated heterocycles. The molecular weight excluding hydrogens is 144 g/mol. The lowest BCUT2D eigenvalue weighted by Crippen LogP contribution is -2.30. The Balaban J connectivity index is 4.01. The first kappa shape index (κ1) is 10.4. The van der Waals surface area contributed by atoms with E-state index in [4.69, 9.17) is 0 Å². The largest absolute Gasteiger partial charge is 0.469 e. The number of carbonyl (C=O) groups is 1. The number of hydrogen-bond donors (Lipinski definition) is 1. The predicted molar refractivity (Wildman–Crippen MR) is 42.0 cm³/mol. The van der Waals surface area contributed by atoms with Gasteiger partial charge in [0.1, 0.15) is 0 Å². The van der Waals surface area contributed by atoms with E-state index in [9.17, 15) is 9.90 Å². The summed E-state index contributed by atoms with van der Waals surface area (Å²) in [4.78, 5) is 10.9. The second kappa shape index (κ2) is 4.34. The number of aliphatic hydroxyl groups is 1. The van der Waals surface area contributed by atoms with Crippen LogP contribution < -0.4 is 0 Å². The summed E-state index contributed by atoms with van der Waals surface area (Å²) in [6, 6.07) is 0. The van der Waals surface area contributed by atoms with Crippen molar-refractivity contribution in [1.82, 2.24) is 0 Å². The fraction of sp³-hybridized carbons (Fsp3) is 0.875. The van der Waals surface area contributed by atoms with Crippen LogP contribution in [0.1, 0.15) is 20.8 Å². The van der Waals surface area contributed by atoms with Crippen LogP contribution in [0, 0.1) is 11.8 Å². The van der Waals surface area contributed by atoms with E-state index in [0.717, 1.165) is 0 Å². The summed E-state index contributed by atoms with van der Waals surface area (Å²) in [7, 11) is 1.33. The average molecular weight is 160 g/mol. The molecule has 3 nitrogen and oxygen atoms in total. The molecule has 0 fully saturated rings. The van der Waals surface area contributed by atoms with Gasteiger partial charge in [-0.3, -0.25) is 4.79 Å². The second-order valence-electron chi connectivity index (χ2n) is 3.05. The molecule has 0 aromatic rings. The highest BCUT2D eigenvalue weighted by Gasteiger charge is 2.24. The van der Waals surface area contributed by atoms with E-state index in [2.05, 4.69) is 4.74 Å². The smallest absolute Gasteiger partial charge is 0.311 e. The summed E-state index contributed by atoms with van der Waals surface area (Å²) < 4.78 is 4.48. The van der Waals surface area contributed by atoms with Crippen LogP contribution in [-0.4, -0.2) is 24.3 Å². The van der Waals surface area contributed by atoms with Crippen LogP contribution >= 0.6 is 0 Å². The van der Waals surface area contributed by atoms with Gasteiger partial charge in [0.25, 0.3) is 0 Å². The zero-order valence-corrected chi connectivity index (χ0v) is 7.50. The lowest BCUT2D eigenvalue weighted by Gasteiger charge is -2.19. The van der Waals surface area contributed by atoms with Crippen molar-refractivity contribution in [3.63, 3.8) is 0 Å². The Hall–Kier alpha value is -0.570. The van der Waals surface area contributed by atoms with E-state index in [1.54, 1.807) is 6.92 Å². The van der Waals surface area contributed by atoms with Gasteiger partial charge < -0.3 is 9.84 Å². The topological polar surface area (TPSA) is 46.5 Å². The fourth-order valence-electron chi connectivity index (χ4n) is 0.903. The third kappa shape index (κ3) is 2.89. The Bertz CT molecular complexity index is 131. The zero-order chi connectivity index (χ0) is 9.02. The van der Waals surface area contributed by atoms with Crippen molar-refractivity contribution < 1.29 is 14.6 Å². The molecule has 0 amide bonds. The van der Waals surface area contributed by atoms with E-state index in [1.165, 1.54) is 7.11 Å². The molecule has 11 heavy (non-hydrogen) atoms. The summed E-state index contributed by atoms with van der Waals surface area (Å²) >= 11 is 0. The van der Waals surface area contributed by atoms with Crippen molar-refractivity contribution in [2.75, 3.05) is 7.11 Å². The molecule has 3 heteroatoms. The Labute approximate surface area is 67.4 Å². The summed E-state index contributed by atoms with van der Waals surface area (Å²) in [5, 5.41) is 9.40. The number of hydrogen-bond acceptors (Lipinski definition) is 3. The second-order valence-corrected chi connectivity index (χ2v) is 3.05. The van der Waals surface area contributed by atoms with Gasteiger partial charge >= 0.3 is 5.97 Å². The summed E-state index contributed by atoms with van der Waals surface area (Å²) in [6.45, 7) is 5.39. The van der Waals surface area contributed by atoms with Gasteiger partial charge in [0.05, 0.1) is 19.1 Å². The quantitative estimate of drug-likeness (QED) is 0.621. The van der Waals surface area contributed by atoms with E-state index in [0.29, 0.717) is 0 Å². The first-order chi connectivity index (χ1) is 5.00. The maximum Gasteiger partial charge on any atom is 0.311 e. The molecule has 0 unspecified atom stereocenters. The van der Waals surface area contributed by atoms with Crippen LogP contribution in [-0.2, 0) is 9.53 Å². The molecule has 0 radical (unpaired) electrons. The Kier molecular flexibility index (Phi) is 4.11. The number of rotatable bonds is 3. The molecule has 66 valence electrons. The van der Waals surface area contributed by atoms with Gasteiger partial charge in [0, 0.05) is 0 Å². The minimum absolute atomic E-state index is 0.0871. The molecule has 0 aliphatic heterocycles. The molecule has 1 N–H and O–H groups in total. The molecule has 0 aliphatic rings. The van der Waals surface area contributed by atoms with Gasteiger partial charge in [-0.1, -0.05) is 13.8 Å². The molecular formula is C8H16O3. The maximum atomic E-state index is 10.9. The van der Waals surface area contributed by atoms with Gasteiger partial charge in [-0.05, 0) is 12.8 Å². The van der Waals surface area contributed by atoms with Gasteiger partial charge in [0.2, 0.25) is 0 Å². The van der Waals surface area contributed by atoms with Crippen molar-refractivity contribution in [2.45, 2.75) is 26.9 Å². The number of ether oxygens (including phenoxy) is 1. The molecule has 0 aliphatic carbocycles. The van der Waals surface area contributed by atoms with Crippen LogP contribution in [0.3, 0.4) is 0 Å². The van der Waals surface area contributed by atoms with Crippen molar-refractivity contribution in [3.8, 4) is 0 Å².